The fraction of sp³-hybridized carbons (Fsp3) is 0.448. The third-order valence-corrected chi connectivity index (χ3v) is 7.64. The molecule has 3 amide bonds. The van der Waals surface area contributed by atoms with Crippen molar-refractivity contribution >= 4 is 23.6 Å². The van der Waals surface area contributed by atoms with Crippen LogP contribution in [0.4, 0.5) is 19.3 Å². The number of cyclic esters (lactones) is 1. The van der Waals surface area contributed by atoms with Gasteiger partial charge < -0.3 is 9.47 Å². The van der Waals surface area contributed by atoms with Gasteiger partial charge in [0.1, 0.15) is 5.82 Å². The lowest BCUT2D eigenvalue weighted by molar-refractivity contribution is -0.183. The van der Waals surface area contributed by atoms with Gasteiger partial charge in [-0.15, -0.1) is 0 Å². The summed E-state index contributed by atoms with van der Waals surface area (Å²) >= 11 is 0. The number of hydrogen-bond acceptors (Lipinski definition) is 7. The second kappa shape index (κ2) is 10.8. The molecule has 3 aliphatic rings. The highest BCUT2D eigenvalue weighted by Crippen LogP contribution is 2.37. The molecule has 3 fully saturated rings. The van der Waals surface area contributed by atoms with Gasteiger partial charge in [0.15, 0.2) is 17.2 Å². The molecule has 11 heteroatoms. The number of imide groups is 1. The minimum atomic E-state index is -1.31. The summed E-state index contributed by atoms with van der Waals surface area (Å²) in [5, 5.41) is 10.5. The molecule has 0 unspecified atom stereocenters. The van der Waals surface area contributed by atoms with Gasteiger partial charge in [-0.05, 0) is 81.3 Å². The van der Waals surface area contributed by atoms with Crippen molar-refractivity contribution in [3.8, 4) is 11.8 Å². The van der Waals surface area contributed by atoms with E-state index in [9.17, 15) is 28.4 Å². The number of nitrogens with zero attached hydrogens (tertiary/aromatic N) is 3. The Bertz CT molecular complexity index is 1380. The zero-order valence-electron chi connectivity index (χ0n) is 22.2. The van der Waals surface area contributed by atoms with Crippen molar-refractivity contribution in [2.24, 2.45) is 11.8 Å². The number of amides is 3. The molecule has 0 radical (unpaired) electrons. The van der Waals surface area contributed by atoms with Crippen molar-refractivity contribution in [3.05, 3.63) is 59.2 Å². The average molecular weight is 554 g/mol. The van der Waals surface area contributed by atoms with E-state index in [2.05, 4.69) is 0 Å². The van der Waals surface area contributed by atoms with Gasteiger partial charge in [-0.25, -0.2) is 23.5 Å². The molecule has 1 aliphatic carbocycles. The first-order valence-corrected chi connectivity index (χ1v) is 13.2. The third-order valence-electron chi connectivity index (χ3n) is 7.64. The Morgan fingerprint density at radius 3 is 2.52 bits per heavy atom. The number of nitriles is 1. The second-order valence-electron chi connectivity index (χ2n) is 10.8. The molecule has 210 valence electrons. The Labute approximate surface area is 230 Å². The number of carbonyl (C=O) groups excluding carboxylic acids is 3. The standard InChI is InChI=1S/C29H29F2N3O6/c1-29(2)27(36)33(28(37)40-29)22-7-8-23(31)25(14-22)38-16-17-3-5-19(6-4-17)26(35)34-24(9-10-39-34)20-11-18(15-32)12-21(30)13-20/h7-8,11-14,17,19,24H,3-6,9-10,16H2,1-2H3/t17-,19-,24-/m0/s1. The van der Waals surface area contributed by atoms with Crippen molar-refractivity contribution in [3.63, 3.8) is 0 Å². The number of rotatable bonds is 6. The minimum Gasteiger partial charge on any atom is -0.490 e. The van der Waals surface area contributed by atoms with Gasteiger partial charge in [-0.3, -0.25) is 14.4 Å². The lowest BCUT2D eigenvalue weighted by atomic mass is 9.81. The molecular formula is C29H29F2N3O6. The van der Waals surface area contributed by atoms with Crippen LogP contribution in [0.5, 0.6) is 5.75 Å². The van der Waals surface area contributed by atoms with Crippen LogP contribution in [-0.4, -0.2) is 41.8 Å². The molecule has 2 heterocycles. The number of benzene rings is 2. The van der Waals surface area contributed by atoms with Crippen LogP contribution in [0.15, 0.2) is 36.4 Å². The van der Waals surface area contributed by atoms with Gasteiger partial charge in [0.2, 0.25) is 5.91 Å². The molecule has 2 aromatic rings. The molecule has 1 atom stereocenters. The summed E-state index contributed by atoms with van der Waals surface area (Å²) in [6, 6.07) is 9.29. The first kappa shape index (κ1) is 27.5. The molecule has 2 aromatic carbocycles. The van der Waals surface area contributed by atoms with E-state index in [1.807, 2.05) is 6.07 Å². The largest absolute Gasteiger partial charge is 0.490 e. The third kappa shape index (κ3) is 5.36. The maximum absolute atomic E-state index is 14.5. The molecule has 1 saturated carbocycles. The van der Waals surface area contributed by atoms with Crippen LogP contribution >= 0.6 is 0 Å². The Morgan fingerprint density at radius 2 is 1.85 bits per heavy atom. The SMILES string of the molecule is CC1(C)OC(=O)N(c2ccc(F)c(OC[C@H]3CC[C@H](C(=O)N4OCC[C@H]4c4cc(F)cc(C#N)c4)CC3)c2)C1=O. The quantitative estimate of drug-likeness (QED) is 0.484. The van der Waals surface area contributed by atoms with Crippen LogP contribution in [-0.2, 0) is 19.2 Å². The monoisotopic (exact) mass is 553 g/mol. The van der Waals surface area contributed by atoms with E-state index in [1.54, 1.807) is 6.07 Å². The fourth-order valence-corrected chi connectivity index (χ4v) is 5.45. The summed E-state index contributed by atoms with van der Waals surface area (Å²) in [4.78, 5) is 44.5. The molecule has 2 saturated heterocycles. The van der Waals surface area contributed by atoms with Gasteiger partial charge in [0.05, 0.1) is 36.6 Å². The van der Waals surface area contributed by atoms with Crippen molar-refractivity contribution < 1.29 is 37.5 Å². The Hall–Kier alpha value is -4.04. The van der Waals surface area contributed by atoms with Crippen LogP contribution in [0, 0.1) is 34.8 Å². The lowest BCUT2D eigenvalue weighted by Crippen LogP contribution is -2.37. The first-order chi connectivity index (χ1) is 19.1. The topological polar surface area (TPSA) is 109 Å². The van der Waals surface area contributed by atoms with E-state index < -0.39 is 35.3 Å². The summed E-state index contributed by atoms with van der Waals surface area (Å²) in [7, 11) is 0. The lowest BCUT2D eigenvalue weighted by Gasteiger charge is -2.32. The van der Waals surface area contributed by atoms with Crippen LogP contribution < -0.4 is 9.64 Å². The zero-order chi connectivity index (χ0) is 28.6. The maximum atomic E-state index is 14.5. The van der Waals surface area contributed by atoms with Crippen LogP contribution in [0.3, 0.4) is 0 Å². The molecule has 40 heavy (non-hydrogen) atoms. The number of carbonyl (C=O) groups is 3. The second-order valence-corrected chi connectivity index (χ2v) is 10.8. The fourth-order valence-electron chi connectivity index (χ4n) is 5.45. The molecular weight excluding hydrogens is 524 g/mol. The highest BCUT2D eigenvalue weighted by molar-refractivity contribution is 6.19. The van der Waals surface area contributed by atoms with Gasteiger partial charge in [-0.2, -0.15) is 5.26 Å². The van der Waals surface area contributed by atoms with E-state index in [4.69, 9.17) is 14.3 Å². The van der Waals surface area contributed by atoms with Crippen molar-refractivity contribution in [2.75, 3.05) is 18.1 Å². The highest BCUT2D eigenvalue weighted by atomic mass is 19.1. The van der Waals surface area contributed by atoms with Gasteiger partial charge in [0.25, 0.3) is 5.91 Å². The van der Waals surface area contributed by atoms with Crippen LogP contribution in [0.2, 0.25) is 0 Å². The summed E-state index contributed by atoms with van der Waals surface area (Å²) in [6.45, 7) is 3.49. The van der Waals surface area contributed by atoms with Crippen molar-refractivity contribution in [2.45, 2.75) is 57.6 Å². The predicted molar refractivity (Wildman–Crippen MR) is 137 cm³/mol. The molecule has 2 aliphatic heterocycles. The molecule has 9 nitrogen and oxygen atoms in total. The summed E-state index contributed by atoms with van der Waals surface area (Å²) < 4.78 is 39.4. The average Bonchev–Trinajstić information content (AvgIpc) is 3.50. The first-order valence-electron chi connectivity index (χ1n) is 13.2. The highest BCUT2D eigenvalue weighted by Gasteiger charge is 2.48. The Kier molecular flexibility index (Phi) is 7.47. The summed E-state index contributed by atoms with van der Waals surface area (Å²) in [6.07, 6.45) is 2.17. The van der Waals surface area contributed by atoms with Crippen molar-refractivity contribution in [1.29, 1.82) is 5.26 Å². The number of anilines is 1. The summed E-state index contributed by atoms with van der Waals surface area (Å²) in [5.74, 6) is -2.18. The van der Waals surface area contributed by atoms with E-state index in [-0.39, 0.29) is 41.4 Å². The van der Waals surface area contributed by atoms with Crippen LogP contribution in [0.1, 0.15) is 63.1 Å². The Balaban J connectivity index is 1.18. The van der Waals surface area contributed by atoms with Gasteiger partial charge in [-0.1, -0.05) is 0 Å². The number of halogens is 2. The molecule has 0 aromatic heterocycles. The van der Waals surface area contributed by atoms with E-state index in [0.717, 1.165) is 17.0 Å². The molecule has 0 bridgehead atoms. The van der Waals surface area contributed by atoms with E-state index >= 15 is 0 Å². The smallest absolute Gasteiger partial charge is 0.422 e. The maximum Gasteiger partial charge on any atom is 0.422 e. The predicted octanol–water partition coefficient (Wildman–Crippen LogP) is 5.19. The molecule has 5 rings (SSSR count). The van der Waals surface area contributed by atoms with Crippen LogP contribution in [0.25, 0.3) is 0 Å². The van der Waals surface area contributed by atoms with Crippen molar-refractivity contribution in [1.82, 2.24) is 5.06 Å². The minimum absolute atomic E-state index is 0.0705. The van der Waals surface area contributed by atoms with Gasteiger partial charge in [0, 0.05) is 18.4 Å². The number of hydrogen-bond donors (Lipinski definition) is 0. The number of ether oxygens (including phenoxy) is 2. The van der Waals surface area contributed by atoms with E-state index in [1.165, 1.54) is 37.1 Å². The zero-order valence-corrected chi connectivity index (χ0v) is 22.2. The Morgan fingerprint density at radius 1 is 1.10 bits per heavy atom. The van der Waals surface area contributed by atoms with E-state index in [0.29, 0.717) is 44.3 Å². The normalized spacial score (nSPS) is 24.1. The number of hydroxylamine groups is 2. The summed E-state index contributed by atoms with van der Waals surface area (Å²) in [5.41, 5.74) is -0.431. The molecule has 0 spiro atoms. The van der Waals surface area contributed by atoms with Gasteiger partial charge >= 0.3 is 6.09 Å². The molecule has 0 N–H and O–H groups in total.